The normalized spacial score (nSPS) is 7.50. The number of hydrogen-bond donors (Lipinski definition) is 1. The first-order valence-corrected chi connectivity index (χ1v) is 12.7. The van der Waals surface area contributed by atoms with Crippen LogP contribution in [0.4, 0.5) is 0 Å². The fourth-order valence-corrected chi connectivity index (χ4v) is 0.521. The van der Waals surface area contributed by atoms with Crippen molar-refractivity contribution in [1.29, 1.82) is 0 Å². The summed E-state index contributed by atoms with van der Waals surface area (Å²) < 4.78 is 4.67. The van der Waals surface area contributed by atoms with Gasteiger partial charge in [0.25, 0.3) is 0 Å². The molecule has 0 aliphatic heterocycles. The molecule has 0 atom stereocenters. The van der Waals surface area contributed by atoms with E-state index in [4.69, 9.17) is 5.11 Å². The molecule has 0 amide bonds. The van der Waals surface area contributed by atoms with E-state index in [2.05, 4.69) is 8.97 Å². The van der Waals surface area contributed by atoms with Crippen molar-refractivity contribution >= 4 is 24.2 Å². The molecule has 0 aromatic heterocycles. The van der Waals surface area contributed by atoms with Crippen LogP contribution in [0.25, 0.3) is 0 Å². The fourth-order valence-electron chi connectivity index (χ4n) is 0.521. The van der Waals surface area contributed by atoms with Gasteiger partial charge in [0.1, 0.15) is 0 Å². The van der Waals surface area contributed by atoms with E-state index in [0.717, 1.165) is 0 Å². The molecule has 0 spiro atoms. The molecule has 0 radical (unpaired) electrons. The molecular formula is C9H12O2Tl. The van der Waals surface area contributed by atoms with Crippen LogP contribution >= 0.6 is 0 Å². The molecule has 1 aromatic rings. The van der Waals surface area contributed by atoms with E-state index in [9.17, 15) is 4.79 Å². The van der Waals surface area contributed by atoms with Crippen LogP contribution in [0.1, 0.15) is 0 Å². The average Bonchev–Trinajstić information content (AvgIpc) is 2.19. The molecule has 0 saturated heterocycles. The third-order valence-corrected chi connectivity index (χ3v) is 0.976. The Hall–Kier alpha value is -0.388. The first kappa shape index (κ1) is 11.6. The minimum absolute atomic E-state index is 0.000000000000000111. The van der Waals surface area contributed by atoms with Crippen LogP contribution in [0, 0.1) is 0 Å². The quantitative estimate of drug-likeness (QED) is 0.716. The number of aromatic hydroxyl groups is 1. The van der Waals surface area contributed by atoms with Crippen molar-refractivity contribution in [2.75, 3.05) is 0 Å². The summed E-state index contributed by atoms with van der Waals surface area (Å²) in [5.41, 5.74) is -0.347. The van der Waals surface area contributed by atoms with Crippen molar-refractivity contribution in [3.05, 3.63) is 40.6 Å². The van der Waals surface area contributed by atoms with Gasteiger partial charge in [-0.25, -0.2) is 0 Å². The molecule has 63 valence electrons. The molecule has 12 heavy (non-hydrogen) atoms. The summed E-state index contributed by atoms with van der Waals surface area (Å²) >= 11 is -0.000000000000000111. The van der Waals surface area contributed by atoms with Crippen LogP contribution in [0.3, 0.4) is 0 Å². The molecule has 0 fully saturated rings. The average molecular weight is 357 g/mol. The van der Waals surface area contributed by atoms with Crippen molar-refractivity contribution in [2.24, 2.45) is 0 Å². The van der Waals surface area contributed by atoms with Crippen molar-refractivity contribution in [3.8, 4) is 5.75 Å². The molecule has 0 unspecified atom stereocenters. The molecular weight excluding hydrogens is 344 g/mol. The second-order valence-electron chi connectivity index (χ2n) is 2.24. The zero-order valence-electron chi connectivity index (χ0n) is 7.32. The van der Waals surface area contributed by atoms with E-state index < -0.39 is 0 Å². The molecule has 1 rings (SSSR count). The van der Waals surface area contributed by atoms with Crippen LogP contribution in [0.15, 0.2) is 35.1 Å². The van der Waals surface area contributed by atoms with Gasteiger partial charge >= 0.3 is 33.2 Å². The van der Waals surface area contributed by atoms with E-state index in [1.165, 1.54) is 12.1 Å². The first-order valence-electron chi connectivity index (χ1n) is 3.74. The van der Waals surface area contributed by atoms with Crippen molar-refractivity contribution in [1.82, 2.24) is 0 Å². The summed E-state index contributed by atoms with van der Waals surface area (Å²) in [4.78, 5) is 10.6. The molecule has 1 N–H and O–H groups in total. The summed E-state index contributed by atoms with van der Waals surface area (Å²) in [5, 5.41) is 8.77. The van der Waals surface area contributed by atoms with E-state index in [0.29, 0.717) is 0 Å². The van der Waals surface area contributed by atoms with Crippen LogP contribution in [-0.2, 0) is 0 Å². The summed E-state index contributed by atoms with van der Waals surface area (Å²) in [6.07, 6.45) is 0. The van der Waals surface area contributed by atoms with Gasteiger partial charge in [-0.15, -0.1) is 0 Å². The molecule has 0 bridgehead atoms. The second kappa shape index (κ2) is 7.27. The Kier molecular flexibility index (Phi) is 7.04. The number of hydrogen-bond acceptors (Lipinski definition) is 2. The zero-order valence-corrected chi connectivity index (χ0v) is 11.8. The topological polar surface area (TPSA) is 37.3 Å². The Labute approximate surface area is 84.5 Å². The van der Waals surface area contributed by atoms with Gasteiger partial charge in [-0.3, -0.25) is 4.79 Å². The van der Waals surface area contributed by atoms with Gasteiger partial charge in [0, 0.05) is 0 Å². The Morgan fingerprint density at radius 2 is 1.67 bits per heavy atom. The molecule has 3 heteroatoms. The number of rotatable bonds is 0. The Morgan fingerprint density at radius 3 is 2.25 bits per heavy atom. The third kappa shape index (κ3) is 5.29. The second-order valence-corrected chi connectivity index (χ2v) is 6.73. The molecule has 1 aromatic carbocycles. The van der Waals surface area contributed by atoms with E-state index in [-0.39, 0.29) is 35.4 Å². The summed E-state index contributed by atoms with van der Waals surface area (Å²) in [5.74, 6) is -0.208. The predicted molar refractivity (Wildman–Crippen MR) is 51.9 cm³/mol. The van der Waals surface area contributed by atoms with Crippen LogP contribution < -0.4 is 5.43 Å². The SMILES string of the molecule is O=c1cccccc1O.[CH3][Tl][CH3]. The van der Waals surface area contributed by atoms with Crippen molar-refractivity contribution in [2.45, 2.75) is 8.97 Å². The Morgan fingerprint density at radius 1 is 1.17 bits per heavy atom. The Balaban J connectivity index is 0.000000354. The first-order chi connectivity index (χ1) is 5.72. The van der Waals surface area contributed by atoms with Gasteiger partial charge in [-0.1, -0.05) is 18.2 Å². The zero-order chi connectivity index (χ0) is 9.40. The fraction of sp³-hybridized carbons (Fsp3) is 0.222. The summed E-state index contributed by atoms with van der Waals surface area (Å²) in [6.45, 7) is 0. The monoisotopic (exact) mass is 357 g/mol. The molecule has 0 aliphatic rings. The third-order valence-electron chi connectivity index (χ3n) is 0.976. The van der Waals surface area contributed by atoms with Crippen molar-refractivity contribution in [3.63, 3.8) is 0 Å². The van der Waals surface area contributed by atoms with Crippen LogP contribution in [-0.4, -0.2) is 29.3 Å². The summed E-state index contributed by atoms with van der Waals surface area (Å²) in [6, 6.07) is 7.55. The Bertz CT molecular complexity index is 273. The minimum atomic E-state index is -0.347. The van der Waals surface area contributed by atoms with E-state index in [1.807, 2.05) is 0 Å². The van der Waals surface area contributed by atoms with Crippen molar-refractivity contribution < 1.29 is 5.11 Å². The predicted octanol–water partition coefficient (Wildman–Crippen LogP) is 1.54. The van der Waals surface area contributed by atoms with E-state index in [1.54, 1.807) is 18.2 Å². The van der Waals surface area contributed by atoms with Gasteiger partial charge in [0.15, 0.2) is 5.75 Å². The molecule has 0 saturated carbocycles. The summed E-state index contributed by atoms with van der Waals surface area (Å²) in [7, 11) is 0. The van der Waals surface area contributed by atoms with E-state index >= 15 is 0 Å². The van der Waals surface area contributed by atoms with Crippen LogP contribution in [0.5, 0.6) is 5.75 Å². The van der Waals surface area contributed by atoms with Crippen LogP contribution in [0.2, 0.25) is 8.97 Å². The molecule has 0 aliphatic carbocycles. The molecule has 0 heterocycles. The standard InChI is InChI=1S/C7H6O2.2CH3.Tl/c8-6-4-2-1-3-5-7(6)9;;;/h1-5H,(H,8,9);2*1H3;. The van der Waals surface area contributed by atoms with Gasteiger partial charge in [-0.2, -0.15) is 0 Å². The maximum absolute atomic E-state index is 10.6. The van der Waals surface area contributed by atoms with Gasteiger partial charge < -0.3 is 5.11 Å². The van der Waals surface area contributed by atoms with Gasteiger partial charge in [0.2, 0.25) is 5.43 Å². The van der Waals surface area contributed by atoms with Gasteiger partial charge in [0.05, 0.1) is 0 Å². The maximum atomic E-state index is 10.6. The molecule has 2 nitrogen and oxygen atoms in total. The van der Waals surface area contributed by atoms with Gasteiger partial charge in [-0.05, 0) is 12.1 Å².